The molecule has 0 fully saturated rings. The van der Waals surface area contributed by atoms with E-state index >= 15 is 0 Å². The third kappa shape index (κ3) is 6.07. The van der Waals surface area contributed by atoms with Crippen LogP contribution in [0.15, 0.2) is 22.7 Å². The van der Waals surface area contributed by atoms with Crippen molar-refractivity contribution in [3.05, 3.63) is 28.2 Å². The lowest BCUT2D eigenvalue weighted by Crippen LogP contribution is -2.07. The van der Waals surface area contributed by atoms with Gasteiger partial charge < -0.3 is 15.2 Å². The highest BCUT2D eigenvalue weighted by Gasteiger charge is 2.06. The topological polar surface area (TPSA) is 58.6 Å². The Balaban J connectivity index is 2.32. The van der Waals surface area contributed by atoms with Gasteiger partial charge in [-0.15, -0.1) is 0 Å². The monoisotopic (exact) mass is 329 g/mol. The fourth-order valence-electron chi connectivity index (χ4n) is 1.56. The zero-order chi connectivity index (χ0) is 14.3. The number of hydrogen-bond donors (Lipinski definition) is 2. The molecule has 0 aromatic heterocycles. The molecule has 0 bridgehead atoms. The molecule has 0 atom stereocenters. The molecule has 5 heteroatoms. The van der Waals surface area contributed by atoms with E-state index in [-0.39, 0.29) is 11.7 Å². The maximum Gasteiger partial charge on any atom is 0.335 e. The molecular weight excluding hydrogens is 310 g/mol. The minimum absolute atomic E-state index is 0.280. The van der Waals surface area contributed by atoms with Gasteiger partial charge in [0.2, 0.25) is 0 Å². The van der Waals surface area contributed by atoms with Crippen molar-refractivity contribution in [2.75, 3.05) is 18.5 Å². The van der Waals surface area contributed by atoms with Gasteiger partial charge in [-0.3, -0.25) is 0 Å². The molecular formula is C14H20BrNO3. The number of benzene rings is 1. The second-order valence-corrected chi connectivity index (χ2v) is 5.41. The Hall–Kier alpha value is -1.07. The molecule has 0 amide bonds. The number of rotatable bonds is 8. The van der Waals surface area contributed by atoms with E-state index < -0.39 is 5.97 Å². The van der Waals surface area contributed by atoms with Gasteiger partial charge in [0.25, 0.3) is 0 Å². The normalized spacial score (nSPS) is 10.7. The van der Waals surface area contributed by atoms with Gasteiger partial charge in [-0.2, -0.15) is 0 Å². The molecule has 1 rings (SSSR count). The van der Waals surface area contributed by atoms with Crippen LogP contribution in [0.1, 0.15) is 37.0 Å². The molecule has 0 unspecified atom stereocenters. The van der Waals surface area contributed by atoms with Crippen LogP contribution in [0, 0.1) is 0 Å². The first-order valence-electron chi connectivity index (χ1n) is 6.39. The van der Waals surface area contributed by atoms with Crippen LogP contribution in [0.4, 0.5) is 5.69 Å². The number of carboxylic acids is 1. The summed E-state index contributed by atoms with van der Waals surface area (Å²) >= 11 is 3.37. The second-order valence-electron chi connectivity index (χ2n) is 4.55. The second kappa shape index (κ2) is 8.17. The molecule has 0 aliphatic heterocycles. The van der Waals surface area contributed by atoms with Crippen molar-refractivity contribution in [3.8, 4) is 0 Å². The number of halogens is 1. The minimum atomic E-state index is -0.918. The van der Waals surface area contributed by atoms with E-state index in [1.165, 1.54) is 0 Å². The Bertz CT molecular complexity index is 421. The Kier molecular flexibility index (Phi) is 6.87. The van der Waals surface area contributed by atoms with Crippen molar-refractivity contribution < 1.29 is 14.6 Å². The number of hydrogen-bond acceptors (Lipinski definition) is 3. The van der Waals surface area contributed by atoms with Crippen LogP contribution in [-0.4, -0.2) is 30.3 Å². The van der Waals surface area contributed by atoms with E-state index in [9.17, 15) is 4.79 Å². The fourth-order valence-corrected chi connectivity index (χ4v) is 2.08. The predicted octanol–water partition coefficient (Wildman–Crippen LogP) is 3.76. The average Bonchev–Trinajstić information content (AvgIpc) is 2.34. The van der Waals surface area contributed by atoms with E-state index in [4.69, 9.17) is 9.84 Å². The summed E-state index contributed by atoms with van der Waals surface area (Å²) in [4.78, 5) is 10.8. The van der Waals surface area contributed by atoms with Crippen LogP contribution in [0.25, 0.3) is 0 Å². The van der Waals surface area contributed by atoms with Gasteiger partial charge in [0.15, 0.2) is 0 Å². The maximum atomic E-state index is 10.8. The van der Waals surface area contributed by atoms with Gasteiger partial charge >= 0.3 is 5.97 Å². The zero-order valence-electron chi connectivity index (χ0n) is 11.3. The molecule has 19 heavy (non-hydrogen) atoms. The Labute approximate surface area is 122 Å². The number of unbranched alkanes of at least 4 members (excludes halogenated alkanes) is 1. The Morgan fingerprint density at radius 2 is 2.16 bits per heavy atom. The van der Waals surface area contributed by atoms with Crippen molar-refractivity contribution in [2.24, 2.45) is 0 Å². The first-order chi connectivity index (χ1) is 9.00. The number of ether oxygens (including phenoxy) is 1. The van der Waals surface area contributed by atoms with Crippen molar-refractivity contribution >= 4 is 27.6 Å². The smallest absolute Gasteiger partial charge is 0.335 e. The highest BCUT2D eigenvalue weighted by atomic mass is 79.9. The van der Waals surface area contributed by atoms with E-state index in [2.05, 4.69) is 21.2 Å². The number of anilines is 1. The number of nitrogens with one attached hydrogen (secondary N) is 1. The van der Waals surface area contributed by atoms with Gasteiger partial charge in [-0.25, -0.2) is 4.79 Å². The van der Waals surface area contributed by atoms with Gasteiger partial charge in [-0.05, 0) is 60.8 Å². The molecule has 0 aliphatic carbocycles. The lowest BCUT2D eigenvalue weighted by atomic mass is 10.2. The van der Waals surface area contributed by atoms with E-state index in [0.29, 0.717) is 0 Å². The summed E-state index contributed by atoms with van der Waals surface area (Å²) in [6, 6.07) is 4.97. The van der Waals surface area contributed by atoms with Crippen LogP contribution >= 0.6 is 15.9 Å². The summed E-state index contributed by atoms with van der Waals surface area (Å²) in [5.41, 5.74) is 1.19. The average molecular weight is 330 g/mol. The molecule has 0 saturated carbocycles. The highest BCUT2D eigenvalue weighted by Crippen LogP contribution is 2.23. The third-order valence-corrected chi connectivity index (χ3v) is 3.21. The van der Waals surface area contributed by atoms with Crippen LogP contribution in [0.2, 0.25) is 0 Å². The lowest BCUT2D eigenvalue weighted by molar-refractivity contribution is 0.0696. The van der Waals surface area contributed by atoms with E-state index in [1.807, 2.05) is 13.8 Å². The van der Waals surface area contributed by atoms with Gasteiger partial charge in [0.1, 0.15) is 0 Å². The van der Waals surface area contributed by atoms with E-state index in [1.54, 1.807) is 18.2 Å². The van der Waals surface area contributed by atoms with Crippen molar-refractivity contribution in [1.29, 1.82) is 0 Å². The van der Waals surface area contributed by atoms with Crippen LogP contribution in [0.3, 0.4) is 0 Å². The molecule has 0 radical (unpaired) electrons. The molecule has 4 nitrogen and oxygen atoms in total. The Morgan fingerprint density at radius 1 is 1.42 bits per heavy atom. The molecule has 0 spiro atoms. The largest absolute Gasteiger partial charge is 0.478 e. The molecule has 0 heterocycles. The quantitative estimate of drug-likeness (QED) is 0.713. The zero-order valence-corrected chi connectivity index (χ0v) is 12.9. The summed E-state index contributed by atoms with van der Waals surface area (Å²) < 4.78 is 6.23. The lowest BCUT2D eigenvalue weighted by Gasteiger charge is -2.10. The number of carbonyl (C=O) groups is 1. The van der Waals surface area contributed by atoms with E-state index in [0.717, 1.165) is 36.2 Å². The predicted molar refractivity (Wildman–Crippen MR) is 79.9 cm³/mol. The molecule has 0 aliphatic rings. The number of aromatic carboxylic acids is 1. The molecule has 2 N–H and O–H groups in total. The SMILES string of the molecule is CC(C)OCCCCNc1ccc(C(=O)O)cc1Br. The third-order valence-electron chi connectivity index (χ3n) is 2.55. The minimum Gasteiger partial charge on any atom is -0.478 e. The molecule has 1 aromatic rings. The fraction of sp³-hybridized carbons (Fsp3) is 0.500. The Morgan fingerprint density at radius 3 is 2.74 bits per heavy atom. The number of carboxylic acid groups (broad SMARTS) is 1. The van der Waals surface area contributed by atoms with Crippen molar-refractivity contribution in [1.82, 2.24) is 0 Å². The van der Waals surface area contributed by atoms with Gasteiger partial charge in [0, 0.05) is 23.3 Å². The first kappa shape index (κ1) is 16.0. The van der Waals surface area contributed by atoms with Crippen molar-refractivity contribution in [2.45, 2.75) is 32.8 Å². The van der Waals surface area contributed by atoms with Crippen molar-refractivity contribution in [3.63, 3.8) is 0 Å². The summed E-state index contributed by atoms with van der Waals surface area (Å²) in [5, 5.41) is 12.1. The summed E-state index contributed by atoms with van der Waals surface area (Å²) in [7, 11) is 0. The van der Waals surface area contributed by atoms with Crippen LogP contribution in [-0.2, 0) is 4.74 Å². The first-order valence-corrected chi connectivity index (χ1v) is 7.18. The maximum absolute atomic E-state index is 10.8. The molecule has 0 saturated heterocycles. The standard InChI is InChI=1S/C14H20BrNO3/c1-10(2)19-8-4-3-7-16-13-6-5-11(14(17)18)9-12(13)15/h5-6,9-10,16H,3-4,7-8H2,1-2H3,(H,17,18). The summed E-state index contributed by atoms with van der Waals surface area (Å²) in [6.45, 7) is 5.67. The van der Waals surface area contributed by atoms with Gasteiger partial charge in [-0.1, -0.05) is 0 Å². The molecule has 1 aromatic carbocycles. The van der Waals surface area contributed by atoms with Gasteiger partial charge in [0.05, 0.1) is 11.7 Å². The summed E-state index contributed by atoms with van der Waals surface area (Å²) in [6.07, 6.45) is 2.31. The highest BCUT2D eigenvalue weighted by molar-refractivity contribution is 9.10. The molecule has 106 valence electrons. The summed E-state index contributed by atoms with van der Waals surface area (Å²) in [5.74, 6) is -0.918. The van der Waals surface area contributed by atoms with Crippen LogP contribution in [0.5, 0.6) is 0 Å². The van der Waals surface area contributed by atoms with Crippen LogP contribution < -0.4 is 5.32 Å².